The summed E-state index contributed by atoms with van der Waals surface area (Å²) in [6.45, 7) is 8.43. The molecule has 0 fully saturated rings. The Bertz CT molecular complexity index is 421. The van der Waals surface area contributed by atoms with E-state index in [4.69, 9.17) is 11.6 Å². The third-order valence-electron chi connectivity index (χ3n) is 2.28. The molecular weight excluding hydrogens is 252 g/mol. The van der Waals surface area contributed by atoms with E-state index in [1.54, 1.807) is 0 Å². The molecule has 0 unspecified atom stereocenters. The first-order chi connectivity index (χ1) is 9.15. The topological polar surface area (TPSA) is 0 Å². The minimum atomic E-state index is 0.875. The number of benzene rings is 2. The number of rotatable bonds is 1. The van der Waals surface area contributed by atoms with Crippen LogP contribution in [0.25, 0.3) is 0 Å². The lowest BCUT2D eigenvalue weighted by atomic mass is 10.2. The van der Waals surface area contributed by atoms with E-state index in [9.17, 15) is 0 Å². The summed E-state index contributed by atoms with van der Waals surface area (Å²) < 4.78 is 0. The number of halogens is 1. The zero-order chi connectivity index (χ0) is 14.5. The van der Waals surface area contributed by atoms with E-state index < -0.39 is 0 Å². The lowest BCUT2D eigenvalue weighted by molar-refractivity contribution is 1.09. The Kier molecular flexibility index (Phi) is 11.0. The lowest BCUT2D eigenvalue weighted by Gasteiger charge is -1.96. The highest BCUT2D eigenvalue weighted by Crippen LogP contribution is 2.14. The molecule has 0 N–H and O–H groups in total. The van der Waals surface area contributed by atoms with Gasteiger partial charge in [0.1, 0.15) is 0 Å². The molecule has 0 aromatic heterocycles. The Morgan fingerprint density at radius 2 is 1.26 bits per heavy atom. The molecule has 0 saturated heterocycles. The molecule has 1 heteroatoms. The van der Waals surface area contributed by atoms with Crippen LogP contribution in [0.15, 0.2) is 54.6 Å². The van der Waals surface area contributed by atoms with Crippen molar-refractivity contribution in [3.63, 3.8) is 0 Å². The average Bonchev–Trinajstić information content (AvgIpc) is 2.42. The maximum atomic E-state index is 5.82. The van der Waals surface area contributed by atoms with Crippen LogP contribution >= 0.6 is 11.6 Å². The Morgan fingerprint density at radius 3 is 1.58 bits per heavy atom. The third-order valence-corrected chi connectivity index (χ3v) is 2.65. The van der Waals surface area contributed by atoms with Gasteiger partial charge in [0.2, 0.25) is 0 Å². The highest BCUT2D eigenvalue weighted by Gasteiger charge is 1.91. The second kappa shape index (κ2) is 11.8. The first-order valence-corrected chi connectivity index (χ1v) is 7.28. The van der Waals surface area contributed by atoms with E-state index in [0.717, 1.165) is 11.4 Å². The monoisotopic (exact) mass is 276 g/mol. The molecule has 0 saturated carbocycles. The van der Waals surface area contributed by atoms with Crippen LogP contribution in [0.2, 0.25) is 5.02 Å². The molecule has 2 aromatic rings. The minimum absolute atomic E-state index is 0.875. The van der Waals surface area contributed by atoms with Crippen molar-refractivity contribution in [2.45, 2.75) is 40.5 Å². The predicted molar refractivity (Wildman–Crippen MR) is 88.0 cm³/mol. The maximum absolute atomic E-state index is 5.82. The van der Waals surface area contributed by atoms with E-state index in [1.165, 1.54) is 17.5 Å². The molecule has 0 atom stereocenters. The van der Waals surface area contributed by atoms with Crippen molar-refractivity contribution in [2.24, 2.45) is 0 Å². The van der Waals surface area contributed by atoms with Crippen molar-refractivity contribution in [1.82, 2.24) is 0 Å². The first-order valence-electron chi connectivity index (χ1n) is 6.90. The molecule has 0 nitrogen and oxygen atoms in total. The number of hydrogen-bond donors (Lipinski definition) is 0. The van der Waals surface area contributed by atoms with Crippen molar-refractivity contribution in [3.05, 3.63) is 70.7 Å². The zero-order valence-electron chi connectivity index (χ0n) is 12.5. The Balaban J connectivity index is 0.000000289. The molecule has 0 heterocycles. The van der Waals surface area contributed by atoms with Crippen LogP contribution in [-0.2, 0) is 6.42 Å². The van der Waals surface area contributed by atoms with Gasteiger partial charge >= 0.3 is 0 Å². The summed E-state index contributed by atoms with van der Waals surface area (Å²) in [7, 11) is 0. The summed E-state index contributed by atoms with van der Waals surface area (Å²) in [5.74, 6) is 0. The van der Waals surface area contributed by atoms with E-state index in [0.29, 0.717) is 0 Å². The van der Waals surface area contributed by atoms with Gasteiger partial charge in [-0.05, 0) is 25.0 Å². The van der Waals surface area contributed by atoms with Crippen molar-refractivity contribution in [1.29, 1.82) is 0 Å². The molecule has 0 aliphatic carbocycles. The molecule has 0 amide bonds. The summed E-state index contributed by atoms with van der Waals surface area (Å²) in [5.41, 5.74) is 2.54. The van der Waals surface area contributed by atoms with E-state index in [-0.39, 0.29) is 0 Å². The van der Waals surface area contributed by atoms with Gasteiger partial charge in [0.15, 0.2) is 0 Å². The minimum Gasteiger partial charge on any atom is -0.0840 e. The van der Waals surface area contributed by atoms with Crippen LogP contribution in [0.4, 0.5) is 0 Å². The normalized spacial score (nSPS) is 8.68. The van der Waals surface area contributed by atoms with Gasteiger partial charge in [-0.15, -0.1) is 0 Å². The number of hydrogen-bond acceptors (Lipinski definition) is 0. The van der Waals surface area contributed by atoms with Gasteiger partial charge in [0, 0.05) is 5.02 Å². The molecule has 2 aromatic carbocycles. The summed E-state index contributed by atoms with van der Waals surface area (Å²) in [5, 5.41) is 0.875. The van der Waals surface area contributed by atoms with Gasteiger partial charge in [-0.25, -0.2) is 0 Å². The molecule has 19 heavy (non-hydrogen) atoms. The summed E-state index contributed by atoms with van der Waals surface area (Å²) >= 11 is 5.82. The van der Waals surface area contributed by atoms with Gasteiger partial charge < -0.3 is 0 Å². The molecular formula is C18H25Cl. The summed E-state index contributed by atoms with van der Waals surface area (Å²) in [6, 6.07) is 18.2. The standard InChI is InChI=1S/C8H9Cl.C7H8.C3H8/c1-2-7-5-3-4-6-8(7)9;1-7-5-3-2-4-6-7;1-3-2/h3-6H,2H2,1H3;2-6H,1H3;3H2,1-2H3. The van der Waals surface area contributed by atoms with Crippen LogP contribution in [0.1, 0.15) is 38.3 Å². The van der Waals surface area contributed by atoms with Crippen molar-refractivity contribution in [2.75, 3.05) is 0 Å². The molecule has 0 radical (unpaired) electrons. The fourth-order valence-corrected chi connectivity index (χ4v) is 1.59. The van der Waals surface area contributed by atoms with Crippen molar-refractivity contribution in [3.8, 4) is 0 Å². The zero-order valence-corrected chi connectivity index (χ0v) is 13.2. The first kappa shape index (κ1) is 17.7. The molecule has 0 spiro atoms. The fraction of sp³-hybridized carbons (Fsp3) is 0.333. The predicted octanol–water partition coefficient (Wildman–Crippen LogP) is 6.31. The van der Waals surface area contributed by atoms with Gasteiger partial charge in [-0.1, -0.05) is 92.9 Å². The van der Waals surface area contributed by atoms with Crippen LogP contribution in [0.5, 0.6) is 0 Å². The quantitative estimate of drug-likeness (QED) is 0.572. The second-order valence-electron chi connectivity index (χ2n) is 4.31. The Labute approximate surface area is 123 Å². The van der Waals surface area contributed by atoms with Gasteiger partial charge in [0.05, 0.1) is 0 Å². The van der Waals surface area contributed by atoms with Crippen LogP contribution in [-0.4, -0.2) is 0 Å². The smallest absolute Gasteiger partial charge is 0.0437 e. The van der Waals surface area contributed by atoms with Crippen LogP contribution < -0.4 is 0 Å². The molecule has 2 rings (SSSR count). The molecule has 0 aliphatic rings. The van der Waals surface area contributed by atoms with Gasteiger partial charge in [-0.3, -0.25) is 0 Å². The van der Waals surface area contributed by atoms with Crippen molar-refractivity contribution < 1.29 is 0 Å². The van der Waals surface area contributed by atoms with E-state index in [1.807, 2.05) is 42.5 Å². The summed E-state index contributed by atoms with van der Waals surface area (Å²) in [6.07, 6.45) is 2.26. The second-order valence-corrected chi connectivity index (χ2v) is 4.71. The molecule has 0 aliphatic heterocycles. The highest BCUT2D eigenvalue weighted by atomic mass is 35.5. The number of aryl methyl sites for hydroxylation is 2. The molecule has 0 bridgehead atoms. The summed E-state index contributed by atoms with van der Waals surface area (Å²) in [4.78, 5) is 0. The Morgan fingerprint density at radius 1 is 0.789 bits per heavy atom. The lowest BCUT2D eigenvalue weighted by Crippen LogP contribution is -1.78. The van der Waals surface area contributed by atoms with Crippen LogP contribution in [0, 0.1) is 6.92 Å². The maximum Gasteiger partial charge on any atom is 0.0437 e. The van der Waals surface area contributed by atoms with Crippen molar-refractivity contribution >= 4 is 11.6 Å². The third kappa shape index (κ3) is 9.32. The van der Waals surface area contributed by atoms with E-state index >= 15 is 0 Å². The van der Waals surface area contributed by atoms with Gasteiger partial charge in [0.25, 0.3) is 0 Å². The largest absolute Gasteiger partial charge is 0.0840 e. The highest BCUT2D eigenvalue weighted by molar-refractivity contribution is 6.31. The Hall–Kier alpha value is -1.27. The van der Waals surface area contributed by atoms with Gasteiger partial charge in [-0.2, -0.15) is 0 Å². The molecule has 104 valence electrons. The SMILES string of the molecule is CCC.CCc1ccccc1Cl.Cc1ccccc1. The van der Waals surface area contributed by atoms with E-state index in [2.05, 4.69) is 39.8 Å². The fourth-order valence-electron chi connectivity index (χ4n) is 1.32. The van der Waals surface area contributed by atoms with Crippen LogP contribution in [0.3, 0.4) is 0 Å². The average molecular weight is 277 g/mol.